The molecule has 2 aromatic carbocycles. The zero-order valence-corrected chi connectivity index (χ0v) is 15.1. The Morgan fingerprint density at radius 2 is 1.83 bits per heavy atom. The van der Waals surface area contributed by atoms with Crippen molar-refractivity contribution < 1.29 is 13.2 Å². The molecule has 0 aromatic heterocycles. The second-order valence-electron chi connectivity index (χ2n) is 5.31. The summed E-state index contributed by atoms with van der Waals surface area (Å²) in [5.74, 6) is -0.154. The highest BCUT2D eigenvalue weighted by atomic mass is 35.5. The summed E-state index contributed by atoms with van der Waals surface area (Å²) in [6.45, 7) is 2.56. The molecule has 0 aliphatic carbocycles. The first-order valence-corrected chi connectivity index (χ1v) is 9.64. The molecule has 0 saturated heterocycles. The Morgan fingerprint density at radius 1 is 1.17 bits per heavy atom. The van der Waals surface area contributed by atoms with E-state index in [0.29, 0.717) is 22.8 Å². The molecule has 1 N–H and O–H groups in total. The van der Waals surface area contributed by atoms with Crippen molar-refractivity contribution in [1.82, 2.24) is 5.32 Å². The number of amides is 1. The number of halogens is 1. The third-order valence-corrected chi connectivity index (χ3v) is 4.75. The van der Waals surface area contributed by atoms with Gasteiger partial charge in [-0.25, -0.2) is 8.42 Å². The highest BCUT2D eigenvalue weighted by Crippen LogP contribution is 2.24. The molecule has 128 valence electrons. The highest BCUT2D eigenvalue weighted by molar-refractivity contribution is 7.92. The second kappa shape index (κ2) is 7.68. The van der Waals surface area contributed by atoms with Gasteiger partial charge in [0.15, 0.2) is 0 Å². The number of rotatable bonds is 6. The molecule has 1 amide bonds. The van der Waals surface area contributed by atoms with Crippen LogP contribution in [0.1, 0.15) is 22.8 Å². The lowest BCUT2D eigenvalue weighted by Crippen LogP contribution is -2.29. The van der Waals surface area contributed by atoms with Gasteiger partial charge in [0.25, 0.3) is 5.91 Å². The number of benzene rings is 2. The van der Waals surface area contributed by atoms with E-state index in [0.717, 1.165) is 11.8 Å². The van der Waals surface area contributed by atoms with E-state index >= 15 is 0 Å². The predicted octanol–water partition coefficient (Wildman–Crippen LogP) is 3.06. The smallest absolute Gasteiger partial charge is 0.251 e. The van der Waals surface area contributed by atoms with Crippen LogP contribution in [0.5, 0.6) is 0 Å². The lowest BCUT2D eigenvalue weighted by atomic mass is 10.1. The maximum absolute atomic E-state index is 12.1. The van der Waals surface area contributed by atoms with E-state index in [9.17, 15) is 13.2 Å². The van der Waals surface area contributed by atoms with Crippen molar-refractivity contribution in [3.63, 3.8) is 0 Å². The first-order valence-electron chi connectivity index (χ1n) is 7.41. The van der Waals surface area contributed by atoms with Gasteiger partial charge in [-0.2, -0.15) is 0 Å². The molecule has 2 aromatic rings. The third-order valence-electron chi connectivity index (χ3n) is 3.38. The molecule has 0 atom stereocenters. The first kappa shape index (κ1) is 18.3. The van der Waals surface area contributed by atoms with E-state index in [4.69, 9.17) is 11.6 Å². The molecule has 24 heavy (non-hydrogen) atoms. The Labute approximate surface area is 147 Å². The lowest BCUT2D eigenvalue weighted by molar-refractivity contribution is 0.0956. The molecule has 0 unspecified atom stereocenters. The fourth-order valence-corrected chi connectivity index (χ4v) is 3.29. The van der Waals surface area contributed by atoms with Gasteiger partial charge < -0.3 is 5.32 Å². The van der Waals surface area contributed by atoms with Gasteiger partial charge in [0.2, 0.25) is 10.0 Å². The van der Waals surface area contributed by atoms with Crippen LogP contribution in [0.2, 0.25) is 5.02 Å². The average Bonchev–Trinajstić information content (AvgIpc) is 2.52. The summed E-state index contributed by atoms with van der Waals surface area (Å²) in [5, 5.41) is 3.18. The monoisotopic (exact) mass is 366 g/mol. The van der Waals surface area contributed by atoms with E-state index in [1.54, 1.807) is 48.5 Å². The number of anilines is 1. The van der Waals surface area contributed by atoms with E-state index in [1.165, 1.54) is 4.31 Å². The van der Waals surface area contributed by atoms with Crippen molar-refractivity contribution >= 4 is 33.2 Å². The number of hydrogen-bond acceptors (Lipinski definition) is 3. The third kappa shape index (κ3) is 4.72. The van der Waals surface area contributed by atoms with Crippen molar-refractivity contribution in [1.29, 1.82) is 0 Å². The van der Waals surface area contributed by atoms with Gasteiger partial charge in [-0.3, -0.25) is 9.10 Å². The van der Waals surface area contributed by atoms with Gasteiger partial charge in [-0.05, 0) is 42.8 Å². The van der Waals surface area contributed by atoms with E-state index in [2.05, 4.69) is 5.32 Å². The normalized spacial score (nSPS) is 11.1. The summed E-state index contributed by atoms with van der Waals surface area (Å²) < 4.78 is 25.5. The number of nitrogens with one attached hydrogen (secondary N) is 1. The SMILES string of the molecule is CCNC(=O)c1ccc(CN(c2cccc(Cl)c2)S(C)(=O)=O)cc1. The number of sulfonamides is 1. The fraction of sp³-hybridized carbons (Fsp3) is 0.235. The fourth-order valence-electron chi connectivity index (χ4n) is 2.22. The number of carbonyl (C=O) groups is 1. The molecule has 2 rings (SSSR count). The predicted molar refractivity (Wildman–Crippen MR) is 96.9 cm³/mol. The molecule has 0 fully saturated rings. The maximum atomic E-state index is 12.1. The first-order chi connectivity index (χ1) is 11.3. The molecule has 0 radical (unpaired) electrons. The van der Waals surface area contributed by atoms with Crippen LogP contribution >= 0.6 is 11.6 Å². The van der Waals surface area contributed by atoms with Gasteiger partial charge in [0.1, 0.15) is 0 Å². The average molecular weight is 367 g/mol. The van der Waals surface area contributed by atoms with Crippen LogP contribution in [0.4, 0.5) is 5.69 Å². The Balaban J connectivity index is 2.26. The van der Waals surface area contributed by atoms with Crippen molar-refractivity contribution in [2.45, 2.75) is 13.5 Å². The number of carbonyl (C=O) groups excluding carboxylic acids is 1. The summed E-state index contributed by atoms with van der Waals surface area (Å²) in [6, 6.07) is 13.5. The van der Waals surface area contributed by atoms with E-state index in [-0.39, 0.29) is 12.5 Å². The van der Waals surface area contributed by atoms with Crippen molar-refractivity contribution in [2.75, 3.05) is 17.1 Å². The minimum absolute atomic E-state index is 0.154. The van der Waals surface area contributed by atoms with Crippen LogP contribution in [0.25, 0.3) is 0 Å². The zero-order valence-electron chi connectivity index (χ0n) is 13.5. The van der Waals surface area contributed by atoms with Crippen LogP contribution in [0.3, 0.4) is 0 Å². The Morgan fingerprint density at radius 3 is 2.38 bits per heavy atom. The van der Waals surface area contributed by atoms with E-state index in [1.807, 2.05) is 6.92 Å². The Bertz CT molecular complexity index is 820. The lowest BCUT2D eigenvalue weighted by Gasteiger charge is -2.22. The standard InChI is InChI=1S/C17H19ClN2O3S/c1-3-19-17(21)14-9-7-13(8-10-14)12-20(24(2,22)23)16-6-4-5-15(18)11-16/h4-11H,3,12H2,1-2H3,(H,19,21). The van der Waals surface area contributed by atoms with Gasteiger partial charge >= 0.3 is 0 Å². The van der Waals surface area contributed by atoms with E-state index < -0.39 is 10.0 Å². The quantitative estimate of drug-likeness (QED) is 0.854. The highest BCUT2D eigenvalue weighted by Gasteiger charge is 2.18. The summed E-state index contributed by atoms with van der Waals surface area (Å²) in [7, 11) is -3.47. The van der Waals surface area contributed by atoms with Crippen molar-refractivity contribution in [3.05, 3.63) is 64.7 Å². The molecule has 0 saturated carbocycles. The topological polar surface area (TPSA) is 66.5 Å². The van der Waals surface area contributed by atoms with Gasteiger partial charge in [0.05, 0.1) is 18.5 Å². The molecule has 0 aliphatic rings. The number of nitrogens with zero attached hydrogens (tertiary/aromatic N) is 1. The molecule has 0 spiro atoms. The molecule has 0 heterocycles. The van der Waals surface area contributed by atoms with Gasteiger partial charge in [0, 0.05) is 17.1 Å². The van der Waals surface area contributed by atoms with Crippen LogP contribution < -0.4 is 9.62 Å². The summed E-state index contributed by atoms with van der Waals surface area (Å²) in [6.07, 6.45) is 1.15. The van der Waals surface area contributed by atoms with Crippen LogP contribution in [-0.2, 0) is 16.6 Å². The molecular weight excluding hydrogens is 348 g/mol. The largest absolute Gasteiger partial charge is 0.352 e. The van der Waals surface area contributed by atoms with Crippen LogP contribution in [0.15, 0.2) is 48.5 Å². The van der Waals surface area contributed by atoms with Crippen molar-refractivity contribution in [3.8, 4) is 0 Å². The zero-order chi connectivity index (χ0) is 17.7. The van der Waals surface area contributed by atoms with Gasteiger partial charge in [-0.15, -0.1) is 0 Å². The molecule has 0 aliphatic heterocycles. The van der Waals surface area contributed by atoms with Crippen LogP contribution in [-0.4, -0.2) is 27.1 Å². The van der Waals surface area contributed by atoms with Gasteiger partial charge in [-0.1, -0.05) is 29.8 Å². The molecular formula is C17H19ClN2O3S. The number of hydrogen-bond donors (Lipinski definition) is 1. The molecule has 7 heteroatoms. The minimum atomic E-state index is -3.47. The Kier molecular flexibility index (Phi) is 5.85. The van der Waals surface area contributed by atoms with Crippen LogP contribution in [0, 0.1) is 0 Å². The second-order valence-corrected chi connectivity index (χ2v) is 7.65. The Hall–Kier alpha value is -2.05. The summed E-state index contributed by atoms with van der Waals surface area (Å²) >= 11 is 5.96. The van der Waals surface area contributed by atoms with Crippen molar-refractivity contribution in [2.24, 2.45) is 0 Å². The maximum Gasteiger partial charge on any atom is 0.251 e. The summed E-state index contributed by atoms with van der Waals surface area (Å²) in [4.78, 5) is 11.8. The molecule has 0 bridgehead atoms. The minimum Gasteiger partial charge on any atom is -0.352 e. The summed E-state index contributed by atoms with van der Waals surface area (Å²) in [5.41, 5.74) is 1.81. The molecule has 5 nitrogen and oxygen atoms in total.